The fraction of sp³-hybridized carbons (Fsp3) is 0.140. The van der Waals surface area contributed by atoms with Gasteiger partial charge in [0.05, 0.1) is 33.1 Å². The van der Waals surface area contributed by atoms with Gasteiger partial charge in [-0.2, -0.15) is 8.42 Å². The molecule has 1 amide bonds. The van der Waals surface area contributed by atoms with Crippen molar-refractivity contribution in [1.29, 1.82) is 0 Å². The fourth-order valence-corrected chi connectivity index (χ4v) is 9.77. The second kappa shape index (κ2) is 17.2. The first-order valence-electron chi connectivity index (χ1n) is 20.0. The SMILES string of the molecule is O=C(NCCCCc1ccccc1O)c1cccc2c1-c1nc-2nc2[n-]c(nc3nc(nc4[n-]c(n1)c1ccc(S(=O)(=O)O)cc41)-c1cc(S(O)(O)O)ccc1-3)c1c2CC=C(S(O)(O)O)C1.[Cu+2]. The van der Waals surface area contributed by atoms with Gasteiger partial charge in [-0.05, 0) is 89.5 Å². The van der Waals surface area contributed by atoms with Gasteiger partial charge in [0.15, 0.2) is 0 Å². The third-order valence-electron chi connectivity index (χ3n) is 11.3. The average molecular weight is 1010 g/mol. The Morgan fingerprint density at radius 1 is 0.627 bits per heavy atom. The van der Waals surface area contributed by atoms with Gasteiger partial charge in [-0.3, -0.25) is 9.35 Å². The summed E-state index contributed by atoms with van der Waals surface area (Å²) in [6, 6.07) is 19.6. The minimum absolute atomic E-state index is 0. The number of carbonyl (C=O) groups excluding carboxylic acids is 1. The molecule has 0 saturated heterocycles. The number of phenolic OH excluding ortho intramolecular Hbond substituents is 1. The van der Waals surface area contributed by atoms with Crippen LogP contribution in [0.3, 0.4) is 0 Å². The molecular formula is C43H35CuN9O11S3. The van der Waals surface area contributed by atoms with Crippen molar-refractivity contribution in [3.63, 3.8) is 0 Å². The van der Waals surface area contributed by atoms with Crippen molar-refractivity contribution in [3.05, 3.63) is 112 Å². The predicted octanol–water partition coefficient (Wildman–Crippen LogP) is 7.47. The first-order chi connectivity index (χ1) is 31.4. The van der Waals surface area contributed by atoms with Gasteiger partial charge in [0, 0.05) is 68.3 Å². The molecule has 8 bridgehead atoms. The zero-order valence-corrected chi connectivity index (χ0v) is 37.6. The maximum Gasteiger partial charge on any atom is 2.00 e. The number of unbranched alkanes of at least 4 members (excludes halogenated alkanes) is 1. The first kappa shape index (κ1) is 46.0. The normalized spacial score (nSPS) is 13.8. The molecule has 3 aliphatic rings. The zero-order chi connectivity index (χ0) is 46.3. The van der Waals surface area contributed by atoms with E-state index in [0.29, 0.717) is 42.5 Å². The molecule has 0 fully saturated rings. The van der Waals surface area contributed by atoms with E-state index in [9.17, 15) is 50.2 Å². The maximum absolute atomic E-state index is 14.0. The van der Waals surface area contributed by atoms with Crippen LogP contribution in [-0.4, -0.2) is 87.7 Å². The van der Waals surface area contributed by atoms with Gasteiger partial charge in [0.2, 0.25) is 0 Å². The number of aryl methyl sites for hydroxylation is 1. The van der Waals surface area contributed by atoms with Gasteiger partial charge in [-0.25, -0.2) is 9.97 Å². The molecule has 1 radical (unpaired) electrons. The van der Waals surface area contributed by atoms with E-state index in [1.54, 1.807) is 30.3 Å². The van der Waals surface area contributed by atoms with Crippen molar-refractivity contribution in [1.82, 2.24) is 45.2 Å². The minimum Gasteiger partial charge on any atom is -0.508 e. The van der Waals surface area contributed by atoms with E-state index >= 15 is 0 Å². The van der Waals surface area contributed by atoms with E-state index in [1.807, 2.05) is 12.1 Å². The Morgan fingerprint density at radius 2 is 1.28 bits per heavy atom. The van der Waals surface area contributed by atoms with Crippen molar-refractivity contribution in [2.24, 2.45) is 0 Å². The monoisotopic (exact) mass is 1010 g/mol. The van der Waals surface area contributed by atoms with Crippen molar-refractivity contribution in [2.75, 3.05) is 6.54 Å². The molecule has 67 heavy (non-hydrogen) atoms. The van der Waals surface area contributed by atoms with Gasteiger partial charge >= 0.3 is 17.1 Å². The van der Waals surface area contributed by atoms with Crippen LogP contribution in [0.15, 0.2) is 99.6 Å². The summed E-state index contributed by atoms with van der Waals surface area (Å²) in [5.41, 5.74) is 2.93. The quantitative estimate of drug-likeness (QED) is 0.0384. The number of aromatic nitrogens is 8. The molecule has 10 rings (SSSR count). The van der Waals surface area contributed by atoms with Crippen LogP contribution in [0.5, 0.6) is 5.75 Å². The summed E-state index contributed by atoms with van der Waals surface area (Å²) in [6.45, 7) is 0.297. The smallest absolute Gasteiger partial charge is 0.508 e. The van der Waals surface area contributed by atoms with E-state index < -0.39 is 42.7 Å². The number of phenols is 1. The van der Waals surface area contributed by atoms with E-state index in [4.69, 9.17) is 24.9 Å². The first-order valence-corrected chi connectivity index (χ1v) is 24.4. The Kier molecular flexibility index (Phi) is 11.8. The number of hydrogen-bond donors (Lipinski definition) is 9. The molecule has 2 aliphatic heterocycles. The number of nitrogens with one attached hydrogen (secondary N) is 1. The number of aromatic hydroxyl groups is 1. The van der Waals surface area contributed by atoms with Crippen LogP contribution < -0.4 is 15.3 Å². The topological polar surface area (TPSA) is 331 Å². The Balaban J connectivity index is 0.00000562. The zero-order valence-electron chi connectivity index (χ0n) is 34.2. The Hall–Kier alpha value is -6.12. The Labute approximate surface area is 393 Å². The third kappa shape index (κ3) is 8.70. The summed E-state index contributed by atoms with van der Waals surface area (Å²) in [7, 11) is -13.1. The average Bonchev–Trinajstić information content (AvgIpc) is 4.01. The summed E-state index contributed by atoms with van der Waals surface area (Å²) in [5.74, 6) is -0.311. The largest absolute Gasteiger partial charge is 2.00 e. The molecule has 0 atom stereocenters. The summed E-state index contributed by atoms with van der Waals surface area (Å²) in [6.07, 6.45) is 3.18. The number of nitrogens with zero attached hydrogens (tertiary/aromatic N) is 8. The van der Waals surface area contributed by atoms with Gasteiger partial charge < -0.3 is 67.6 Å². The van der Waals surface area contributed by atoms with Crippen LogP contribution in [0.2, 0.25) is 0 Å². The van der Waals surface area contributed by atoms with Gasteiger partial charge in [-0.15, -0.1) is 0 Å². The van der Waals surface area contributed by atoms with Crippen molar-refractivity contribution >= 4 is 71.1 Å². The predicted molar refractivity (Wildman–Crippen MR) is 244 cm³/mol. The van der Waals surface area contributed by atoms with Crippen LogP contribution in [0, 0.1) is 0 Å². The molecule has 3 aromatic heterocycles. The van der Waals surface area contributed by atoms with Gasteiger partial charge in [-0.1, -0.05) is 48.5 Å². The molecule has 0 saturated carbocycles. The van der Waals surface area contributed by atoms with Crippen LogP contribution in [-0.2, 0) is 46.4 Å². The molecule has 9 N–H and O–H groups in total. The van der Waals surface area contributed by atoms with Gasteiger partial charge in [0.1, 0.15) is 27.5 Å². The van der Waals surface area contributed by atoms with E-state index in [0.717, 1.165) is 17.7 Å². The summed E-state index contributed by atoms with van der Waals surface area (Å²) in [4.78, 5) is 51.3. The van der Waals surface area contributed by atoms with Crippen LogP contribution in [0.1, 0.15) is 39.9 Å². The molecule has 0 unspecified atom stereocenters. The molecule has 1 aliphatic carbocycles. The number of amides is 1. The summed E-state index contributed by atoms with van der Waals surface area (Å²) < 4.78 is 96.3. The Morgan fingerprint density at radius 3 is 2.03 bits per heavy atom. The van der Waals surface area contributed by atoms with Crippen molar-refractivity contribution in [3.8, 4) is 51.3 Å². The number of para-hydroxylation sites is 1. The molecule has 0 spiro atoms. The molecular weight excluding hydrogens is 978 g/mol. The standard InChI is InChI=1S/C43H36N9O11S3.Cu/c53-33-10-2-1-6-21(33)7-3-4-17-44-43(54)29-9-5-8-28-34(29)42-51-37-27-16-13-24(66(61,62)63)20-32(27)41(49-37)50-40-31-19-23(65(58,59)60)12-15-26(31)36(48-40)47-39-30-18-22(64(55,56)57)11-14-25(30)35(46-39)45-38(28)52-42;/h1-2,5-6,8-13,15-16,19-20H,3-4,7,14,17-18H2,(H10-,44,45,46,47,48,49,50,51,52,53,54,55,56,57,58,59,60,61,62,63);/q-1;+2/p-1. The van der Waals surface area contributed by atoms with Crippen molar-refractivity contribution < 1.29 is 67.3 Å². The van der Waals surface area contributed by atoms with Crippen molar-refractivity contribution in [2.45, 2.75) is 41.9 Å². The summed E-state index contributed by atoms with van der Waals surface area (Å²) >= 11 is 0. The summed E-state index contributed by atoms with van der Waals surface area (Å²) in [5, 5.41) is 13.5. The molecule has 7 aromatic rings. The minimum atomic E-state index is -4.75. The van der Waals surface area contributed by atoms with Crippen LogP contribution in [0.25, 0.3) is 78.9 Å². The number of benzene rings is 4. The van der Waals surface area contributed by atoms with E-state index in [2.05, 4.69) is 20.3 Å². The van der Waals surface area contributed by atoms with E-state index in [1.165, 1.54) is 30.3 Å². The number of hydrogen-bond acceptors (Lipinski definition) is 16. The Bertz CT molecular complexity index is 3540. The number of allylic oxidation sites excluding steroid dienone is 2. The molecule has 4 aromatic carbocycles. The maximum atomic E-state index is 14.0. The van der Waals surface area contributed by atoms with Gasteiger partial charge in [0.25, 0.3) is 16.0 Å². The molecule has 347 valence electrons. The molecule has 20 nitrogen and oxygen atoms in total. The van der Waals surface area contributed by atoms with E-state index in [-0.39, 0.29) is 124 Å². The van der Waals surface area contributed by atoms with Crippen LogP contribution in [0.4, 0.5) is 0 Å². The number of carbonyl (C=O) groups is 1. The van der Waals surface area contributed by atoms with Crippen LogP contribution >= 0.6 is 21.7 Å². The molecule has 24 heteroatoms. The fourth-order valence-electron chi connectivity index (χ4n) is 8.09. The second-order valence-electron chi connectivity index (χ2n) is 15.5. The number of rotatable bonds is 9. The molecule has 5 heterocycles. The second-order valence-corrected chi connectivity index (χ2v) is 20.0. The number of fused-ring (bicyclic) bond motifs is 20. The third-order valence-corrected chi connectivity index (χ3v) is 14.1.